The Morgan fingerprint density at radius 2 is 2.06 bits per heavy atom. The summed E-state index contributed by atoms with van der Waals surface area (Å²) in [5, 5.41) is 12.0. The number of amides is 1. The molecule has 0 saturated carbocycles. The second-order valence-corrected chi connectivity index (χ2v) is 4.60. The van der Waals surface area contributed by atoms with Crippen LogP contribution in [0.3, 0.4) is 0 Å². The molecule has 2 saturated heterocycles. The SMILES string of the molecule is O=C(C1CNC1)N1CCCN(CCO)CC1. The summed E-state index contributed by atoms with van der Waals surface area (Å²) in [6.07, 6.45) is 1.02. The highest BCUT2D eigenvalue weighted by atomic mass is 16.3. The predicted octanol–water partition coefficient (Wildman–Crippen LogP) is -1.27. The Labute approximate surface area is 96.4 Å². The minimum Gasteiger partial charge on any atom is -0.395 e. The van der Waals surface area contributed by atoms with Crippen molar-refractivity contribution in [3.63, 3.8) is 0 Å². The van der Waals surface area contributed by atoms with E-state index in [1.54, 1.807) is 0 Å². The van der Waals surface area contributed by atoms with Crippen molar-refractivity contribution in [2.45, 2.75) is 6.42 Å². The van der Waals surface area contributed by atoms with Crippen LogP contribution in [-0.4, -0.2) is 73.2 Å². The Hall–Kier alpha value is -0.650. The van der Waals surface area contributed by atoms with Crippen LogP contribution in [-0.2, 0) is 4.79 Å². The van der Waals surface area contributed by atoms with Crippen molar-refractivity contribution in [1.82, 2.24) is 15.1 Å². The van der Waals surface area contributed by atoms with E-state index in [0.29, 0.717) is 5.91 Å². The monoisotopic (exact) mass is 227 g/mol. The molecule has 16 heavy (non-hydrogen) atoms. The number of rotatable bonds is 3. The number of nitrogens with zero attached hydrogens (tertiary/aromatic N) is 2. The third-order valence-electron chi connectivity index (χ3n) is 3.45. The topological polar surface area (TPSA) is 55.8 Å². The number of carbonyl (C=O) groups is 1. The average molecular weight is 227 g/mol. The molecule has 0 aromatic rings. The normalized spacial score (nSPS) is 23.9. The molecule has 5 heteroatoms. The molecule has 2 N–H and O–H groups in total. The van der Waals surface area contributed by atoms with Gasteiger partial charge in [-0.1, -0.05) is 0 Å². The van der Waals surface area contributed by atoms with E-state index in [0.717, 1.165) is 52.2 Å². The van der Waals surface area contributed by atoms with Crippen LogP contribution < -0.4 is 5.32 Å². The lowest BCUT2D eigenvalue weighted by Crippen LogP contribution is -2.52. The summed E-state index contributed by atoms with van der Waals surface area (Å²) >= 11 is 0. The molecule has 0 spiro atoms. The Kier molecular flexibility index (Phi) is 4.15. The van der Waals surface area contributed by atoms with E-state index in [-0.39, 0.29) is 12.5 Å². The maximum Gasteiger partial charge on any atom is 0.228 e. The predicted molar refractivity (Wildman–Crippen MR) is 61.1 cm³/mol. The third kappa shape index (κ3) is 2.72. The van der Waals surface area contributed by atoms with Gasteiger partial charge in [0.2, 0.25) is 5.91 Å². The second kappa shape index (κ2) is 5.61. The molecule has 0 bridgehead atoms. The average Bonchev–Trinajstić information content (AvgIpc) is 2.41. The lowest BCUT2D eigenvalue weighted by molar-refractivity contribution is -0.136. The quantitative estimate of drug-likeness (QED) is 0.631. The number of nitrogens with one attached hydrogen (secondary N) is 1. The van der Waals surface area contributed by atoms with Gasteiger partial charge in [-0.25, -0.2) is 0 Å². The van der Waals surface area contributed by atoms with Crippen molar-refractivity contribution >= 4 is 5.91 Å². The third-order valence-corrected chi connectivity index (χ3v) is 3.45. The number of β-amino-alcohol motifs (C(OH)–C–C–N with tert-alkyl or cyclic N) is 1. The minimum absolute atomic E-state index is 0.209. The largest absolute Gasteiger partial charge is 0.395 e. The molecule has 2 rings (SSSR count). The maximum absolute atomic E-state index is 12.0. The zero-order valence-electron chi connectivity index (χ0n) is 9.69. The number of hydrogen-bond donors (Lipinski definition) is 2. The van der Waals surface area contributed by atoms with Crippen LogP contribution in [0, 0.1) is 5.92 Å². The highest BCUT2D eigenvalue weighted by Crippen LogP contribution is 2.11. The molecule has 0 atom stereocenters. The van der Waals surface area contributed by atoms with Gasteiger partial charge in [-0.15, -0.1) is 0 Å². The van der Waals surface area contributed by atoms with Gasteiger partial charge in [0, 0.05) is 39.3 Å². The van der Waals surface area contributed by atoms with E-state index in [9.17, 15) is 4.79 Å². The van der Waals surface area contributed by atoms with E-state index in [1.165, 1.54) is 0 Å². The number of aliphatic hydroxyl groups is 1. The molecule has 2 fully saturated rings. The van der Waals surface area contributed by atoms with E-state index in [1.807, 2.05) is 4.90 Å². The molecule has 92 valence electrons. The van der Waals surface area contributed by atoms with Gasteiger partial charge >= 0.3 is 0 Å². The fourth-order valence-corrected chi connectivity index (χ4v) is 2.28. The molecule has 5 nitrogen and oxygen atoms in total. The Morgan fingerprint density at radius 1 is 1.25 bits per heavy atom. The molecule has 2 aliphatic heterocycles. The van der Waals surface area contributed by atoms with Crippen molar-refractivity contribution < 1.29 is 9.90 Å². The van der Waals surface area contributed by atoms with Gasteiger partial charge in [-0.3, -0.25) is 9.69 Å². The number of carbonyl (C=O) groups excluding carboxylic acids is 1. The van der Waals surface area contributed by atoms with Crippen LogP contribution in [0.5, 0.6) is 0 Å². The second-order valence-electron chi connectivity index (χ2n) is 4.60. The van der Waals surface area contributed by atoms with Gasteiger partial charge in [-0.05, 0) is 13.0 Å². The van der Waals surface area contributed by atoms with Gasteiger partial charge in [0.25, 0.3) is 0 Å². The van der Waals surface area contributed by atoms with E-state index < -0.39 is 0 Å². The lowest BCUT2D eigenvalue weighted by atomic mass is 10.0. The van der Waals surface area contributed by atoms with Crippen molar-refractivity contribution in [3.8, 4) is 0 Å². The molecule has 0 aromatic heterocycles. The smallest absolute Gasteiger partial charge is 0.228 e. The van der Waals surface area contributed by atoms with Gasteiger partial charge < -0.3 is 15.3 Å². The van der Waals surface area contributed by atoms with Crippen molar-refractivity contribution in [3.05, 3.63) is 0 Å². The molecule has 0 unspecified atom stereocenters. The fourth-order valence-electron chi connectivity index (χ4n) is 2.28. The van der Waals surface area contributed by atoms with Crippen LogP contribution in [0.15, 0.2) is 0 Å². The van der Waals surface area contributed by atoms with E-state index >= 15 is 0 Å². The summed E-state index contributed by atoms with van der Waals surface area (Å²) in [5.74, 6) is 0.522. The summed E-state index contributed by atoms with van der Waals surface area (Å²) in [7, 11) is 0. The number of hydrogen-bond acceptors (Lipinski definition) is 4. The first-order valence-corrected chi connectivity index (χ1v) is 6.14. The number of aliphatic hydroxyl groups excluding tert-OH is 1. The first-order valence-electron chi connectivity index (χ1n) is 6.14. The van der Waals surface area contributed by atoms with Crippen LogP contribution >= 0.6 is 0 Å². The van der Waals surface area contributed by atoms with Gasteiger partial charge in [0.15, 0.2) is 0 Å². The molecule has 1 amide bonds. The molecular weight excluding hydrogens is 206 g/mol. The summed E-state index contributed by atoms with van der Waals surface area (Å²) in [4.78, 5) is 16.2. The minimum atomic E-state index is 0.209. The van der Waals surface area contributed by atoms with E-state index in [2.05, 4.69) is 10.2 Å². The molecule has 2 heterocycles. The standard InChI is InChI=1S/C11H21N3O2/c15-7-6-13-2-1-3-14(5-4-13)11(16)10-8-12-9-10/h10,12,15H,1-9H2. The van der Waals surface area contributed by atoms with Gasteiger partial charge in [-0.2, -0.15) is 0 Å². The van der Waals surface area contributed by atoms with E-state index in [4.69, 9.17) is 5.11 Å². The summed E-state index contributed by atoms with van der Waals surface area (Å²) in [5.41, 5.74) is 0. The summed E-state index contributed by atoms with van der Waals surface area (Å²) in [6.45, 7) is 6.20. The molecule has 0 aliphatic carbocycles. The molecule has 0 radical (unpaired) electrons. The van der Waals surface area contributed by atoms with Crippen molar-refractivity contribution in [2.24, 2.45) is 5.92 Å². The van der Waals surface area contributed by atoms with Crippen LogP contribution in [0.4, 0.5) is 0 Å². The van der Waals surface area contributed by atoms with Crippen LogP contribution in [0.1, 0.15) is 6.42 Å². The molecule has 0 aromatic carbocycles. The first kappa shape index (κ1) is 11.8. The lowest BCUT2D eigenvalue weighted by Gasteiger charge is -2.31. The summed E-state index contributed by atoms with van der Waals surface area (Å²) in [6, 6.07) is 0. The van der Waals surface area contributed by atoms with Crippen LogP contribution in [0.25, 0.3) is 0 Å². The summed E-state index contributed by atoms with van der Waals surface area (Å²) < 4.78 is 0. The fraction of sp³-hybridized carbons (Fsp3) is 0.909. The first-order chi connectivity index (χ1) is 7.81. The zero-order valence-corrected chi connectivity index (χ0v) is 9.69. The van der Waals surface area contributed by atoms with Crippen LogP contribution in [0.2, 0.25) is 0 Å². The van der Waals surface area contributed by atoms with Crippen molar-refractivity contribution in [1.29, 1.82) is 0 Å². The molecular formula is C11H21N3O2. The Bertz CT molecular complexity index is 243. The Balaban J connectivity index is 1.80. The highest BCUT2D eigenvalue weighted by Gasteiger charge is 2.29. The maximum atomic E-state index is 12.0. The zero-order chi connectivity index (χ0) is 11.4. The highest BCUT2D eigenvalue weighted by molar-refractivity contribution is 5.80. The van der Waals surface area contributed by atoms with Gasteiger partial charge in [0.05, 0.1) is 12.5 Å². The van der Waals surface area contributed by atoms with Crippen molar-refractivity contribution in [2.75, 3.05) is 52.4 Å². The Morgan fingerprint density at radius 3 is 2.69 bits per heavy atom. The molecule has 2 aliphatic rings. The van der Waals surface area contributed by atoms with Gasteiger partial charge in [0.1, 0.15) is 0 Å².